The number of hydrogen-bond donors (Lipinski definition) is 1. The third-order valence-corrected chi connectivity index (χ3v) is 4.37. The monoisotopic (exact) mass is 261 g/mol. The molecule has 1 aliphatic heterocycles. The third kappa shape index (κ3) is 4.03. The lowest BCUT2D eigenvalue weighted by atomic mass is 10.0. The first kappa shape index (κ1) is 14.5. The quantitative estimate of drug-likeness (QED) is 0.851. The van der Waals surface area contributed by atoms with Gasteiger partial charge in [-0.05, 0) is 45.5 Å². The van der Waals surface area contributed by atoms with Gasteiger partial charge in [0.1, 0.15) is 0 Å². The fourth-order valence-electron chi connectivity index (χ4n) is 2.74. The van der Waals surface area contributed by atoms with Crippen LogP contribution in [0.2, 0.25) is 0 Å². The lowest BCUT2D eigenvalue weighted by molar-refractivity contribution is 0.195. The first-order valence-corrected chi connectivity index (χ1v) is 7.41. The lowest BCUT2D eigenvalue weighted by Crippen LogP contribution is -2.42. The summed E-state index contributed by atoms with van der Waals surface area (Å²) in [6, 6.07) is 10.9. The van der Waals surface area contributed by atoms with E-state index < -0.39 is 0 Å². The Morgan fingerprint density at radius 1 is 1.21 bits per heavy atom. The van der Waals surface area contributed by atoms with Crippen LogP contribution in [-0.2, 0) is 0 Å². The van der Waals surface area contributed by atoms with Crippen LogP contribution >= 0.6 is 0 Å². The van der Waals surface area contributed by atoms with E-state index in [1.807, 2.05) is 6.07 Å². The summed E-state index contributed by atoms with van der Waals surface area (Å²) in [7, 11) is 2.18. The highest BCUT2D eigenvalue weighted by molar-refractivity contribution is 5.19. The number of likely N-dealkylation sites (tertiary alicyclic amines) is 1. The van der Waals surface area contributed by atoms with Gasteiger partial charge in [-0.1, -0.05) is 30.3 Å². The minimum absolute atomic E-state index is 0.0878. The fourth-order valence-corrected chi connectivity index (χ4v) is 2.74. The first-order valence-electron chi connectivity index (χ1n) is 7.41. The van der Waals surface area contributed by atoms with Gasteiger partial charge in [-0.2, -0.15) is 0 Å². The molecule has 0 aromatic heterocycles. The van der Waals surface area contributed by atoms with Gasteiger partial charge in [0, 0.05) is 25.2 Å². The van der Waals surface area contributed by atoms with E-state index in [4.69, 9.17) is 5.73 Å². The molecule has 0 bridgehead atoms. The van der Waals surface area contributed by atoms with E-state index in [2.05, 4.69) is 48.0 Å². The highest BCUT2D eigenvalue weighted by Gasteiger charge is 2.20. The number of likely N-dealkylation sites (N-methyl/N-ethyl adjacent to an activating group) is 1. The van der Waals surface area contributed by atoms with Crippen LogP contribution in [0.1, 0.15) is 31.4 Å². The van der Waals surface area contributed by atoms with Crippen molar-refractivity contribution in [1.29, 1.82) is 0 Å². The average Bonchev–Trinajstić information content (AvgIpc) is 2.97. The van der Waals surface area contributed by atoms with E-state index in [0.29, 0.717) is 6.04 Å². The summed E-state index contributed by atoms with van der Waals surface area (Å²) in [6.45, 7) is 7.03. The highest BCUT2D eigenvalue weighted by atomic mass is 15.2. The summed E-state index contributed by atoms with van der Waals surface area (Å²) in [5, 5.41) is 0. The average molecular weight is 261 g/mol. The van der Waals surface area contributed by atoms with Crippen LogP contribution in [0, 0.1) is 0 Å². The van der Waals surface area contributed by atoms with Crippen molar-refractivity contribution in [3.8, 4) is 0 Å². The molecule has 19 heavy (non-hydrogen) atoms. The Hall–Kier alpha value is -0.900. The summed E-state index contributed by atoms with van der Waals surface area (Å²) in [6.07, 6.45) is 2.73. The zero-order valence-electron chi connectivity index (χ0n) is 12.3. The zero-order valence-corrected chi connectivity index (χ0v) is 12.3. The van der Waals surface area contributed by atoms with Gasteiger partial charge in [0.2, 0.25) is 0 Å². The van der Waals surface area contributed by atoms with Gasteiger partial charge < -0.3 is 15.5 Å². The summed E-state index contributed by atoms with van der Waals surface area (Å²) in [5.41, 5.74) is 7.59. The van der Waals surface area contributed by atoms with Crippen molar-refractivity contribution in [3.05, 3.63) is 35.9 Å². The molecule has 1 fully saturated rings. The molecule has 0 amide bonds. The van der Waals surface area contributed by atoms with Gasteiger partial charge in [0.15, 0.2) is 0 Å². The van der Waals surface area contributed by atoms with Crippen LogP contribution in [0.15, 0.2) is 30.3 Å². The zero-order chi connectivity index (χ0) is 13.7. The molecule has 2 rings (SSSR count). The van der Waals surface area contributed by atoms with Crippen molar-refractivity contribution < 1.29 is 0 Å². The number of rotatable bonds is 6. The second-order valence-electron chi connectivity index (χ2n) is 5.71. The molecule has 1 aliphatic rings. The predicted octanol–water partition coefficient (Wildman–Crippen LogP) is 2.10. The lowest BCUT2D eigenvalue weighted by Gasteiger charge is -2.31. The van der Waals surface area contributed by atoms with E-state index in [1.165, 1.54) is 38.0 Å². The molecular weight excluding hydrogens is 234 g/mol. The summed E-state index contributed by atoms with van der Waals surface area (Å²) < 4.78 is 0. The van der Waals surface area contributed by atoms with Crippen molar-refractivity contribution in [3.63, 3.8) is 0 Å². The first-order chi connectivity index (χ1) is 9.18. The van der Waals surface area contributed by atoms with Gasteiger partial charge in [0.05, 0.1) is 0 Å². The molecule has 1 aromatic carbocycles. The normalized spacial score (nSPS) is 19.8. The van der Waals surface area contributed by atoms with Gasteiger partial charge >= 0.3 is 0 Å². The standard InChI is InChI=1S/C16H27N3/c1-14(16(17)15-8-4-3-5-9-15)18(2)12-13-19-10-6-7-11-19/h3-5,8-9,14,16H,6-7,10-13,17H2,1-2H3. The molecule has 106 valence electrons. The van der Waals surface area contributed by atoms with E-state index in [0.717, 1.165) is 6.54 Å². The van der Waals surface area contributed by atoms with Crippen molar-refractivity contribution in [2.24, 2.45) is 5.73 Å². The number of benzene rings is 1. The molecule has 0 radical (unpaired) electrons. The maximum absolute atomic E-state index is 6.37. The second kappa shape index (κ2) is 7.04. The molecule has 2 N–H and O–H groups in total. The minimum Gasteiger partial charge on any atom is -0.323 e. The number of nitrogens with zero attached hydrogens (tertiary/aromatic N) is 2. The van der Waals surface area contributed by atoms with Crippen LogP contribution in [0.25, 0.3) is 0 Å². The molecule has 1 aromatic rings. The summed E-state index contributed by atoms with van der Waals surface area (Å²) in [4.78, 5) is 4.94. The Kier molecular flexibility index (Phi) is 5.37. The Balaban J connectivity index is 1.82. The van der Waals surface area contributed by atoms with Crippen LogP contribution in [-0.4, -0.2) is 49.1 Å². The van der Waals surface area contributed by atoms with Crippen LogP contribution in [0.4, 0.5) is 0 Å². The molecule has 1 saturated heterocycles. The SMILES string of the molecule is CC(C(N)c1ccccc1)N(C)CCN1CCCC1. The molecule has 3 nitrogen and oxygen atoms in total. The van der Waals surface area contributed by atoms with E-state index in [9.17, 15) is 0 Å². The molecule has 2 atom stereocenters. The van der Waals surface area contributed by atoms with E-state index in [1.54, 1.807) is 0 Å². The Labute approximate surface area is 117 Å². The molecule has 0 spiro atoms. The van der Waals surface area contributed by atoms with Crippen molar-refractivity contribution >= 4 is 0 Å². The fraction of sp³-hybridized carbons (Fsp3) is 0.625. The van der Waals surface area contributed by atoms with Gasteiger partial charge in [-0.15, -0.1) is 0 Å². The van der Waals surface area contributed by atoms with Gasteiger partial charge in [-0.25, -0.2) is 0 Å². The van der Waals surface area contributed by atoms with Crippen molar-refractivity contribution in [2.75, 3.05) is 33.2 Å². The van der Waals surface area contributed by atoms with Crippen molar-refractivity contribution in [2.45, 2.75) is 31.8 Å². The Bertz CT molecular complexity index is 360. The molecule has 2 unspecified atom stereocenters. The summed E-state index contributed by atoms with van der Waals surface area (Å²) >= 11 is 0. The molecular formula is C16H27N3. The molecule has 3 heteroatoms. The smallest absolute Gasteiger partial charge is 0.0450 e. The Morgan fingerprint density at radius 3 is 2.47 bits per heavy atom. The topological polar surface area (TPSA) is 32.5 Å². The van der Waals surface area contributed by atoms with E-state index >= 15 is 0 Å². The van der Waals surface area contributed by atoms with Crippen LogP contribution in [0.5, 0.6) is 0 Å². The second-order valence-corrected chi connectivity index (χ2v) is 5.71. The number of hydrogen-bond acceptors (Lipinski definition) is 3. The predicted molar refractivity (Wildman–Crippen MR) is 81.1 cm³/mol. The molecule has 0 saturated carbocycles. The third-order valence-electron chi connectivity index (χ3n) is 4.37. The van der Waals surface area contributed by atoms with Crippen LogP contribution in [0.3, 0.4) is 0 Å². The maximum Gasteiger partial charge on any atom is 0.0450 e. The Morgan fingerprint density at radius 2 is 1.84 bits per heavy atom. The van der Waals surface area contributed by atoms with Crippen LogP contribution < -0.4 is 5.73 Å². The van der Waals surface area contributed by atoms with Gasteiger partial charge in [0.25, 0.3) is 0 Å². The molecule has 0 aliphatic carbocycles. The van der Waals surface area contributed by atoms with E-state index in [-0.39, 0.29) is 6.04 Å². The van der Waals surface area contributed by atoms with Gasteiger partial charge in [-0.3, -0.25) is 0 Å². The van der Waals surface area contributed by atoms with Crippen molar-refractivity contribution in [1.82, 2.24) is 9.80 Å². The number of nitrogens with two attached hydrogens (primary N) is 1. The largest absolute Gasteiger partial charge is 0.323 e. The minimum atomic E-state index is 0.0878. The molecule has 1 heterocycles. The maximum atomic E-state index is 6.37. The summed E-state index contributed by atoms with van der Waals surface area (Å²) in [5.74, 6) is 0. The highest BCUT2D eigenvalue weighted by Crippen LogP contribution is 2.17.